The second-order valence-corrected chi connectivity index (χ2v) is 6.64. The van der Waals surface area contributed by atoms with Gasteiger partial charge in [-0.3, -0.25) is 0 Å². The molecule has 0 spiro atoms. The van der Waals surface area contributed by atoms with Crippen molar-refractivity contribution in [3.8, 4) is 11.8 Å². The molecule has 1 nitrogen and oxygen atoms in total. The average molecular weight is 239 g/mol. The molecule has 0 aliphatic heterocycles. The molecule has 0 unspecified atom stereocenters. The van der Waals surface area contributed by atoms with Crippen LogP contribution in [0.5, 0.6) is 0 Å². The van der Waals surface area contributed by atoms with Gasteiger partial charge < -0.3 is 0 Å². The Morgan fingerprint density at radius 2 is 1.89 bits per heavy atom. The molecule has 0 aromatic carbocycles. The molecule has 94 valence electrons. The molecule has 0 N–H and O–H groups in total. The number of aromatic nitrogens is 1. The first-order chi connectivity index (χ1) is 8.36. The molecule has 0 radical (unpaired) electrons. The van der Waals surface area contributed by atoms with Crippen molar-refractivity contribution in [3.63, 3.8) is 0 Å². The molecule has 0 saturated heterocycles. The van der Waals surface area contributed by atoms with Crippen molar-refractivity contribution in [2.45, 2.75) is 40.5 Å². The standard InChI is InChI=1S/C17H21N/c1-16(2)11-14(12-17(3,4)13-16)8-9-15-7-5-6-10-18-15/h5-7,10-11H,12-13H2,1-4H3. The Hall–Kier alpha value is -1.55. The van der Waals surface area contributed by atoms with Gasteiger partial charge in [-0.15, -0.1) is 0 Å². The fraction of sp³-hybridized carbons (Fsp3) is 0.471. The number of pyridine rings is 1. The monoisotopic (exact) mass is 239 g/mol. The van der Waals surface area contributed by atoms with Gasteiger partial charge in [0.1, 0.15) is 5.69 Å². The summed E-state index contributed by atoms with van der Waals surface area (Å²) in [4.78, 5) is 4.24. The van der Waals surface area contributed by atoms with E-state index in [9.17, 15) is 0 Å². The SMILES string of the molecule is CC1(C)C=C(C#Cc2ccccn2)CC(C)(C)C1. The van der Waals surface area contributed by atoms with Crippen molar-refractivity contribution in [1.82, 2.24) is 4.98 Å². The Labute approximate surface area is 110 Å². The van der Waals surface area contributed by atoms with Gasteiger partial charge in [0.15, 0.2) is 0 Å². The van der Waals surface area contributed by atoms with Crippen molar-refractivity contribution in [1.29, 1.82) is 0 Å². The van der Waals surface area contributed by atoms with Gasteiger partial charge in [-0.25, -0.2) is 4.98 Å². The summed E-state index contributed by atoms with van der Waals surface area (Å²) in [5.74, 6) is 6.46. The first kappa shape index (κ1) is 12.9. The zero-order valence-electron chi connectivity index (χ0n) is 11.7. The van der Waals surface area contributed by atoms with Crippen LogP contribution in [0.1, 0.15) is 46.2 Å². The van der Waals surface area contributed by atoms with Gasteiger partial charge in [-0.1, -0.05) is 45.8 Å². The molecule has 2 rings (SSSR count). The predicted octanol–water partition coefficient (Wildman–Crippen LogP) is 4.21. The fourth-order valence-electron chi connectivity index (χ4n) is 3.05. The van der Waals surface area contributed by atoms with Gasteiger partial charge in [0.05, 0.1) is 0 Å². The van der Waals surface area contributed by atoms with Crippen LogP contribution < -0.4 is 0 Å². The van der Waals surface area contributed by atoms with E-state index in [0.717, 1.165) is 12.1 Å². The Kier molecular flexibility index (Phi) is 3.30. The van der Waals surface area contributed by atoms with Crippen LogP contribution in [0, 0.1) is 22.7 Å². The van der Waals surface area contributed by atoms with Crippen LogP contribution in [0.3, 0.4) is 0 Å². The summed E-state index contributed by atoms with van der Waals surface area (Å²) in [6.45, 7) is 9.22. The average Bonchev–Trinajstić information content (AvgIpc) is 2.24. The molecule has 1 aromatic heterocycles. The highest BCUT2D eigenvalue weighted by atomic mass is 14.6. The van der Waals surface area contributed by atoms with Gasteiger partial charge in [0.2, 0.25) is 0 Å². The van der Waals surface area contributed by atoms with Gasteiger partial charge in [0.25, 0.3) is 0 Å². The van der Waals surface area contributed by atoms with Crippen LogP contribution in [-0.4, -0.2) is 4.98 Å². The summed E-state index contributed by atoms with van der Waals surface area (Å²) < 4.78 is 0. The minimum absolute atomic E-state index is 0.246. The molecule has 1 heterocycles. The summed E-state index contributed by atoms with van der Waals surface area (Å²) in [5, 5.41) is 0. The number of nitrogens with zero attached hydrogens (tertiary/aromatic N) is 1. The van der Waals surface area contributed by atoms with Crippen molar-refractivity contribution in [3.05, 3.63) is 41.7 Å². The maximum absolute atomic E-state index is 4.24. The van der Waals surface area contributed by atoms with E-state index < -0.39 is 0 Å². The Balaban J connectivity index is 2.25. The lowest BCUT2D eigenvalue weighted by atomic mass is 9.67. The second-order valence-electron chi connectivity index (χ2n) is 6.64. The summed E-state index contributed by atoms with van der Waals surface area (Å²) in [6.07, 6.45) is 6.40. The van der Waals surface area contributed by atoms with E-state index in [1.54, 1.807) is 6.20 Å². The van der Waals surface area contributed by atoms with Crippen LogP contribution in [0.25, 0.3) is 0 Å². The first-order valence-electron chi connectivity index (χ1n) is 6.51. The third kappa shape index (κ3) is 3.47. The van der Waals surface area contributed by atoms with Crippen LogP contribution in [0.4, 0.5) is 0 Å². The summed E-state index contributed by atoms with van der Waals surface area (Å²) >= 11 is 0. The van der Waals surface area contributed by atoms with Crippen LogP contribution >= 0.6 is 0 Å². The van der Waals surface area contributed by atoms with Crippen molar-refractivity contribution < 1.29 is 0 Å². The molecule has 0 saturated carbocycles. The molecular weight excluding hydrogens is 218 g/mol. The highest BCUT2D eigenvalue weighted by molar-refractivity contribution is 5.39. The molecule has 0 bridgehead atoms. The van der Waals surface area contributed by atoms with Gasteiger partial charge in [0, 0.05) is 6.20 Å². The third-order valence-electron chi connectivity index (χ3n) is 3.18. The van der Waals surface area contributed by atoms with Crippen LogP contribution in [-0.2, 0) is 0 Å². The Morgan fingerprint density at radius 3 is 2.50 bits per heavy atom. The summed E-state index contributed by atoms with van der Waals surface area (Å²) in [5.41, 5.74) is 2.68. The molecule has 0 fully saturated rings. The van der Waals surface area contributed by atoms with E-state index in [0.29, 0.717) is 5.41 Å². The molecule has 1 aromatic rings. The van der Waals surface area contributed by atoms with Crippen LogP contribution in [0.15, 0.2) is 36.0 Å². The Morgan fingerprint density at radius 1 is 1.11 bits per heavy atom. The molecule has 1 heteroatoms. The van der Waals surface area contributed by atoms with Gasteiger partial charge in [-0.05, 0) is 47.3 Å². The zero-order chi connectivity index (χ0) is 13.2. The van der Waals surface area contributed by atoms with Crippen molar-refractivity contribution in [2.24, 2.45) is 10.8 Å². The molecule has 1 aliphatic rings. The van der Waals surface area contributed by atoms with Crippen molar-refractivity contribution in [2.75, 3.05) is 0 Å². The van der Waals surface area contributed by atoms with E-state index in [1.807, 2.05) is 18.2 Å². The molecular formula is C17H21N. The minimum Gasteiger partial charge on any atom is -0.248 e. The molecule has 18 heavy (non-hydrogen) atoms. The van der Waals surface area contributed by atoms with Crippen LogP contribution in [0.2, 0.25) is 0 Å². The lowest BCUT2D eigenvalue weighted by molar-refractivity contribution is 0.218. The van der Waals surface area contributed by atoms with Crippen molar-refractivity contribution >= 4 is 0 Å². The van der Waals surface area contributed by atoms with E-state index in [-0.39, 0.29) is 5.41 Å². The summed E-state index contributed by atoms with van der Waals surface area (Å²) in [6, 6.07) is 5.84. The third-order valence-corrected chi connectivity index (χ3v) is 3.18. The van der Waals surface area contributed by atoms with E-state index >= 15 is 0 Å². The lowest BCUT2D eigenvalue weighted by Crippen LogP contribution is -2.26. The molecule has 1 aliphatic carbocycles. The number of allylic oxidation sites excluding steroid dienone is 2. The highest BCUT2D eigenvalue weighted by Crippen LogP contribution is 2.44. The van der Waals surface area contributed by atoms with E-state index in [1.165, 1.54) is 12.0 Å². The quantitative estimate of drug-likeness (QED) is 0.618. The minimum atomic E-state index is 0.246. The normalized spacial score (nSPS) is 20.6. The maximum Gasteiger partial charge on any atom is 0.113 e. The van der Waals surface area contributed by atoms with Gasteiger partial charge in [-0.2, -0.15) is 0 Å². The Bertz CT molecular complexity index is 510. The topological polar surface area (TPSA) is 12.9 Å². The number of rotatable bonds is 0. The number of hydrogen-bond acceptors (Lipinski definition) is 1. The number of hydrogen-bond donors (Lipinski definition) is 0. The fourth-order valence-corrected chi connectivity index (χ4v) is 3.05. The zero-order valence-corrected chi connectivity index (χ0v) is 11.7. The molecule has 0 atom stereocenters. The predicted molar refractivity (Wildman–Crippen MR) is 76.0 cm³/mol. The smallest absolute Gasteiger partial charge is 0.113 e. The first-order valence-corrected chi connectivity index (χ1v) is 6.51. The maximum atomic E-state index is 4.24. The molecule has 0 amide bonds. The highest BCUT2D eigenvalue weighted by Gasteiger charge is 2.32. The largest absolute Gasteiger partial charge is 0.248 e. The van der Waals surface area contributed by atoms with E-state index in [4.69, 9.17) is 0 Å². The van der Waals surface area contributed by atoms with E-state index in [2.05, 4.69) is 50.6 Å². The summed E-state index contributed by atoms with van der Waals surface area (Å²) in [7, 11) is 0. The van der Waals surface area contributed by atoms with Gasteiger partial charge >= 0.3 is 0 Å². The lowest BCUT2D eigenvalue weighted by Gasteiger charge is -2.38. The second kappa shape index (κ2) is 4.61.